The van der Waals surface area contributed by atoms with E-state index in [1.54, 1.807) is 26.3 Å². The summed E-state index contributed by atoms with van der Waals surface area (Å²) in [4.78, 5) is 4.17. The van der Waals surface area contributed by atoms with Gasteiger partial charge in [0.05, 0.1) is 7.11 Å². The predicted octanol–water partition coefficient (Wildman–Crippen LogP) is 3.36. The van der Waals surface area contributed by atoms with E-state index in [2.05, 4.69) is 15.6 Å². The third kappa shape index (κ3) is 5.99. The quantitative estimate of drug-likeness (QED) is 0.409. The summed E-state index contributed by atoms with van der Waals surface area (Å²) >= 11 is 0. The Morgan fingerprint density at radius 2 is 1.71 bits per heavy atom. The fourth-order valence-corrected chi connectivity index (χ4v) is 2.27. The van der Waals surface area contributed by atoms with Crippen molar-refractivity contribution in [1.82, 2.24) is 10.6 Å². The van der Waals surface area contributed by atoms with E-state index < -0.39 is 0 Å². The van der Waals surface area contributed by atoms with E-state index in [1.807, 2.05) is 30.3 Å². The van der Waals surface area contributed by atoms with Gasteiger partial charge in [-0.1, -0.05) is 36.4 Å². The monoisotopic (exact) mass is 443 g/mol. The normalized spacial score (nSPS) is 10.7. The molecular formula is C18H23FIN3O. The van der Waals surface area contributed by atoms with Crippen molar-refractivity contribution in [2.24, 2.45) is 4.99 Å². The number of guanidine groups is 1. The molecule has 0 aromatic heterocycles. The maximum Gasteiger partial charge on any atom is 0.191 e. The summed E-state index contributed by atoms with van der Waals surface area (Å²) in [5.74, 6) is 1.33. The number of methoxy groups -OCH3 is 1. The number of benzene rings is 2. The van der Waals surface area contributed by atoms with Crippen LogP contribution < -0.4 is 15.4 Å². The summed E-state index contributed by atoms with van der Waals surface area (Å²) in [7, 11) is 3.36. The largest absolute Gasteiger partial charge is 0.496 e. The molecule has 0 amide bonds. The van der Waals surface area contributed by atoms with Crippen molar-refractivity contribution < 1.29 is 9.13 Å². The lowest BCUT2D eigenvalue weighted by Gasteiger charge is -2.13. The first-order valence-electron chi connectivity index (χ1n) is 7.54. The Bertz CT molecular complexity index is 664. The highest BCUT2D eigenvalue weighted by Gasteiger charge is 2.04. The van der Waals surface area contributed by atoms with Gasteiger partial charge >= 0.3 is 0 Å². The highest BCUT2D eigenvalue weighted by molar-refractivity contribution is 14.0. The first-order chi connectivity index (χ1) is 11.2. The number of halogens is 2. The van der Waals surface area contributed by atoms with E-state index in [0.717, 1.165) is 11.3 Å². The number of hydrogen-bond acceptors (Lipinski definition) is 2. The maximum atomic E-state index is 13.6. The lowest BCUT2D eigenvalue weighted by atomic mass is 10.1. The minimum absolute atomic E-state index is 0. The first kappa shape index (κ1) is 20.2. The third-order valence-corrected chi connectivity index (χ3v) is 3.51. The third-order valence-electron chi connectivity index (χ3n) is 3.51. The zero-order valence-corrected chi connectivity index (χ0v) is 16.2. The standard InChI is InChI=1S/C18H22FN3O.HI/c1-20-18(21-12-11-14-7-3-5-9-16(14)19)22-13-15-8-4-6-10-17(15)23-2;/h3-10H,11-13H2,1-2H3,(H2,20,21,22);1H. The molecule has 0 saturated heterocycles. The molecule has 0 heterocycles. The molecule has 0 radical (unpaired) electrons. The number of aliphatic imine (C=N–C) groups is 1. The van der Waals surface area contributed by atoms with Crippen LogP contribution in [0.3, 0.4) is 0 Å². The molecule has 0 aliphatic rings. The van der Waals surface area contributed by atoms with Gasteiger partial charge in [0.15, 0.2) is 5.96 Å². The van der Waals surface area contributed by atoms with Crippen molar-refractivity contribution in [2.75, 3.05) is 20.7 Å². The molecule has 0 unspecified atom stereocenters. The van der Waals surface area contributed by atoms with Crippen LogP contribution in [-0.2, 0) is 13.0 Å². The summed E-state index contributed by atoms with van der Waals surface area (Å²) in [6, 6.07) is 14.6. The summed E-state index contributed by atoms with van der Waals surface area (Å²) in [5, 5.41) is 6.41. The summed E-state index contributed by atoms with van der Waals surface area (Å²) < 4.78 is 18.9. The van der Waals surface area contributed by atoms with Crippen LogP contribution in [0.1, 0.15) is 11.1 Å². The Morgan fingerprint density at radius 3 is 2.38 bits per heavy atom. The molecule has 24 heavy (non-hydrogen) atoms. The van der Waals surface area contributed by atoms with Gasteiger partial charge in [-0.25, -0.2) is 4.39 Å². The number of para-hydroxylation sites is 1. The molecule has 130 valence electrons. The number of rotatable bonds is 6. The Labute approximate surface area is 159 Å². The number of hydrogen-bond donors (Lipinski definition) is 2. The number of nitrogens with one attached hydrogen (secondary N) is 2. The highest BCUT2D eigenvalue weighted by atomic mass is 127. The average Bonchev–Trinajstić information content (AvgIpc) is 2.59. The zero-order valence-electron chi connectivity index (χ0n) is 13.9. The van der Waals surface area contributed by atoms with Crippen molar-refractivity contribution in [3.05, 3.63) is 65.5 Å². The van der Waals surface area contributed by atoms with Gasteiger partial charge in [-0.15, -0.1) is 24.0 Å². The second-order valence-corrected chi connectivity index (χ2v) is 5.01. The van der Waals surface area contributed by atoms with E-state index >= 15 is 0 Å². The second kappa shape index (κ2) is 10.9. The SMILES string of the molecule is CN=C(NCCc1ccccc1F)NCc1ccccc1OC.I. The van der Waals surface area contributed by atoms with Gasteiger partial charge in [0.2, 0.25) is 0 Å². The maximum absolute atomic E-state index is 13.6. The Hall–Kier alpha value is -1.83. The van der Waals surface area contributed by atoms with E-state index in [-0.39, 0.29) is 29.8 Å². The van der Waals surface area contributed by atoms with Gasteiger partial charge in [-0.05, 0) is 24.1 Å². The van der Waals surface area contributed by atoms with Gasteiger partial charge in [-0.3, -0.25) is 4.99 Å². The summed E-state index contributed by atoms with van der Waals surface area (Å²) in [6.45, 7) is 1.20. The molecule has 0 atom stereocenters. The van der Waals surface area contributed by atoms with Gasteiger partial charge in [0.25, 0.3) is 0 Å². The van der Waals surface area contributed by atoms with Crippen LogP contribution in [-0.4, -0.2) is 26.7 Å². The summed E-state index contributed by atoms with van der Waals surface area (Å²) in [5.41, 5.74) is 1.74. The topological polar surface area (TPSA) is 45.7 Å². The van der Waals surface area contributed by atoms with Crippen molar-refractivity contribution in [2.45, 2.75) is 13.0 Å². The van der Waals surface area contributed by atoms with Crippen LogP contribution in [0.25, 0.3) is 0 Å². The Balaban J connectivity index is 0.00000288. The molecule has 4 nitrogen and oxygen atoms in total. The molecule has 2 N–H and O–H groups in total. The van der Waals surface area contributed by atoms with Gasteiger partial charge in [0, 0.05) is 25.7 Å². The lowest BCUT2D eigenvalue weighted by molar-refractivity contribution is 0.409. The van der Waals surface area contributed by atoms with Crippen LogP contribution in [0.4, 0.5) is 4.39 Å². The van der Waals surface area contributed by atoms with Crippen LogP contribution in [0, 0.1) is 5.82 Å². The molecular weight excluding hydrogens is 420 g/mol. The van der Waals surface area contributed by atoms with Gasteiger partial charge < -0.3 is 15.4 Å². The fraction of sp³-hybridized carbons (Fsp3) is 0.278. The molecule has 0 aliphatic carbocycles. The van der Waals surface area contributed by atoms with Crippen molar-refractivity contribution in [1.29, 1.82) is 0 Å². The minimum atomic E-state index is -0.175. The van der Waals surface area contributed by atoms with E-state index in [4.69, 9.17) is 4.74 Å². The number of ether oxygens (including phenoxy) is 1. The molecule has 2 aromatic rings. The molecule has 0 bridgehead atoms. The van der Waals surface area contributed by atoms with Crippen LogP contribution in [0.5, 0.6) is 5.75 Å². The second-order valence-electron chi connectivity index (χ2n) is 5.01. The Kier molecular flexibility index (Phi) is 9.14. The lowest BCUT2D eigenvalue weighted by Crippen LogP contribution is -2.38. The van der Waals surface area contributed by atoms with Crippen molar-refractivity contribution in [3.8, 4) is 5.75 Å². The van der Waals surface area contributed by atoms with Crippen LogP contribution in [0.2, 0.25) is 0 Å². The first-order valence-corrected chi connectivity index (χ1v) is 7.54. The van der Waals surface area contributed by atoms with Gasteiger partial charge in [-0.2, -0.15) is 0 Å². The predicted molar refractivity (Wildman–Crippen MR) is 107 cm³/mol. The molecule has 0 saturated carbocycles. The molecule has 2 aromatic carbocycles. The molecule has 6 heteroatoms. The molecule has 0 aliphatic heterocycles. The molecule has 0 fully saturated rings. The smallest absolute Gasteiger partial charge is 0.191 e. The van der Waals surface area contributed by atoms with Crippen LogP contribution >= 0.6 is 24.0 Å². The minimum Gasteiger partial charge on any atom is -0.496 e. The molecule has 0 spiro atoms. The summed E-state index contributed by atoms with van der Waals surface area (Å²) in [6.07, 6.45) is 0.599. The van der Waals surface area contributed by atoms with Gasteiger partial charge in [0.1, 0.15) is 11.6 Å². The van der Waals surface area contributed by atoms with E-state index in [1.165, 1.54) is 6.07 Å². The highest BCUT2D eigenvalue weighted by Crippen LogP contribution is 2.16. The van der Waals surface area contributed by atoms with E-state index in [0.29, 0.717) is 31.0 Å². The van der Waals surface area contributed by atoms with E-state index in [9.17, 15) is 4.39 Å². The van der Waals surface area contributed by atoms with Crippen LogP contribution in [0.15, 0.2) is 53.5 Å². The zero-order chi connectivity index (χ0) is 16.5. The number of nitrogens with zero attached hydrogens (tertiary/aromatic N) is 1. The van der Waals surface area contributed by atoms with Crippen molar-refractivity contribution in [3.63, 3.8) is 0 Å². The average molecular weight is 443 g/mol. The van der Waals surface area contributed by atoms with Crippen molar-refractivity contribution >= 4 is 29.9 Å². The fourth-order valence-electron chi connectivity index (χ4n) is 2.27. The molecule has 2 rings (SSSR count). The Morgan fingerprint density at radius 1 is 1.04 bits per heavy atom.